The normalized spacial score (nSPS) is 10.0. The van der Waals surface area contributed by atoms with E-state index >= 15 is 0 Å². The lowest BCUT2D eigenvalue weighted by Crippen LogP contribution is -2.26. The maximum atomic E-state index is 11.3. The highest BCUT2D eigenvalue weighted by molar-refractivity contribution is 5.76. The number of amides is 1. The number of rotatable bonds is 6. The molecule has 0 aliphatic carbocycles. The summed E-state index contributed by atoms with van der Waals surface area (Å²) in [5, 5.41) is 5.88. The van der Waals surface area contributed by atoms with Crippen molar-refractivity contribution in [3.05, 3.63) is 11.8 Å². The Kier molecular flexibility index (Phi) is 5.19. The molecule has 0 aliphatic rings. The van der Waals surface area contributed by atoms with Crippen LogP contribution in [0, 0.1) is 6.92 Å². The number of carbonyl (C=O) groups excluding carboxylic acids is 1. The van der Waals surface area contributed by atoms with Gasteiger partial charge in [-0.05, 0) is 13.3 Å². The second kappa shape index (κ2) is 6.67. The van der Waals surface area contributed by atoms with Crippen molar-refractivity contribution in [2.24, 2.45) is 0 Å². The van der Waals surface area contributed by atoms with Crippen molar-refractivity contribution in [1.82, 2.24) is 15.3 Å². The van der Waals surface area contributed by atoms with E-state index in [0.29, 0.717) is 18.8 Å². The fraction of sp³-hybridized carbons (Fsp3) is 0.545. The van der Waals surface area contributed by atoms with Crippen molar-refractivity contribution >= 4 is 17.7 Å². The number of anilines is 2. The molecule has 0 bridgehead atoms. The molecule has 1 aromatic heterocycles. The molecule has 4 N–H and O–H groups in total. The third kappa shape index (κ3) is 4.67. The number of hydrogen-bond acceptors (Lipinski definition) is 5. The van der Waals surface area contributed by atoms with Gasteiger partial charge in [0, 0.05) is 31.3 Å². The molecule has 0 saturated carbocycles. The third-order valence-electron chi connectivity index (χ3n) is 2.21. The maximum Gasteiger partial charge on any atom is 0.221 e. The van der Waals surface area contributed by atoms with E-state index in [-0.39, 0.29) is 11.9 Å². The second-order valence-electron chi connectivity index (χ2n) is 3.79. The number of nitrogens with zero attached hydrogens (tertiary/aromatic N) is 2. The third-order valence-corrected chi connectivity index (χ3v) is 2.21. The zero-order valence-corrected chi connectivity index (χ0v) is 10.3. The average Bonchev–Trinajstić information content (AvgIpc) is 2.31. The molecule has 0 aromatic carbocycles. The molecule has 6 heteroatoms. The lowest BCUT2D eigenvalue weighted by Gasteiger charge is -2.08. The Bertz CT molecular complexity index is 380. The Morgan fingerprint density at radius 2 is 2.24 bits per heavy atom. The van der Waals surface area contributed by atoms with Crippen LogP contribution in [0.15, 0.2) is 6.20 Å². The molecule has 0 radical (unpaired) electrons. The molecule has 94 valence electrons. The van der Waals surface area contributed by atoms with E-state index in [1.807, 2.05) is 13.8 Å². The molecule has 0 spiro atoms. The first-order chi connectivity index (χ1) is 8.13. The van der Waals surface area contributed by atoms with Crippen molar-refractivity contribution in [3.63, 3.8) is 0 Å². The van der Waals surface area contributed by atoms with Crippen LogP contribution in [0.2, 0.25) is 0 Å². The van der Waals surface area contributed by atoms with Crippen molar-refractivity contribution in [2.45, 2.75) is 26.7 Å². The Morgan fingerprint density at radius 1 is 1.47 bits per heavy atom. The largest absolute Gasteiger partial charge is 0.369 e. The molecule has 1 aromatic rings. The smallest absolute Gasteiger partial charge is 0.221 e. The fourth-order valence-electron chi connectivity index (χ4n) is 1.28. The molecule has 6 nitrogen and oxygen atoms in total. The quantitative estimate of drug-likeness (QED) is 0.677. The summed E-state index contributed by atoms with van der Waals surface area (Å²) < 4.78 is 0. The zero-order chi connectivity index (χ0) is 12.7. The van der Waals surface area contributed by atoms with E-state index in [0.717, 1.165) is 18.5 Å². The zero-order valence-electron chi connectivity index (χ0n) is 10.3. The number of aromatic nitrogens is 2. The van der Waals surface area contributed by atoms with E-state index in [4.69, 9.17) is 5.73 Å². The van der Waals surface area contributed by atoms with Gasteiger partial charge in [-0.15, -0.1) is 0 Å². The lowest BCUT2D eigenvalue weighted by molar-refractivity contribution is -0.120. The van der Waals surface area contributed by atoms with Crippen LogP contribution in [0.25, 0.3) is 0 Å². The first-order valence-corrected chi connectivity index (χ1v) is 5.73. The molecule has 1 rings (SSSR count). The van der Waals surface area contributed by atoms with Crippen LogP contribution >= 0.6 is 0 Å². The minimum Gasteiger partial charge on any atom is -0.369 e. The summed E-state index contributed by atoms with van der Waals surface area (Å²) in [6, 6.07) is 0. The van der Waals surface area contributed by atoms with Gasteiger partial charge in [-0.25, -0.2) is 4.98 Å². The van der Waals surface area contributed by atoms with Gasteiger partial charge >= 0.3 is 0 Å². The summed E-state index contributed by atoms with van der Waals surface area (Å²) >= 11 is 0. The van der Waals surface area contributed by atoms with Gasteiger partial charge in [-0.3, -0.25) is 4.79 Å². The SMILES string of the molecule is CCCNC(=O)CCNc1nc(N)ncc1C. The molecular weight excluding hydrogens is 218 g/mol. The van der Waals surface area contributed by atoms with Crippen LogP contribution in [0.1, 0.15) is 25.3 Å². The Hall–Kier alpha value is -1.85. The van der Waals surface area contributed by atoms with E-state index in [2.05, 4.69) is 20.6 Å². The van der Waals surface area contributed by atoms with Gasteiger partial charge in [0.1, 0.15) is 5.82 Å². The molecule has 1 heterocycles. The fourth-order valence-corrected chi connectivity index (χ4v) is 1.28. The molecule has 0 saturated heterocycles. The second-order valence-corrected chi connectivity index (χ2v) is 3.79. The van der Waals surface area contributed by atoms with Gasteiger partial charge in [0.25, 0.3) is 0 Å². The van der Waals surface area contributed by atoms with E-state index in [9.17, 15) is 4.79 Å². The van der Waals surface area contributed by atoms with Gasteiger partial charge in [0.2, 0.25) is 11.9 Å². The summed E-state index contributed by atoms with van der Waals surface area (Å²) in [5.41, 5.74) is 6.39. The van der Waals surface area contributed by atoms with Crippen molar-refractivity contribution < 1.29 is 4.79 Å². The molecule has 0 unspecified atom stereocenters. The highest BCUT2D eigenvalue weighted by atomic mass is 16.1. The molecular formula is C11H19N5O. The van der Waals surface area contributed by atoms with Crippen LogP contribution in [-0.2, 0) is 4.79 Å². The molecule has 0 aliphatic heterocycles. The predicted molar refractivity (Wildman–Crippen MR) is 67.6 cm³/mol. The molecule has 17 heavy (non-hydrogen) atoms. The van der Waals surface area contributed by atoms with E-state index in [1.54, 1.807) is 6.20 Å². The Labute approximate surface area is 101 Å². The highest BCUT2D eigenvalue weighted by Crippen LogP contribution is 2.10. The number of aryl methyl sites for hydroxylation is 1. The molecule has 0 atom stereocenters. The van der Waals surface area contributed by atoms with Gasteiger partial charge in [-0.1, -0.05) is 6.92 Å². The first-order valence-electron chi connectivity index (χ1n) is 5.73. The van der Waals surface area contributed by atoms with Crippen molar-refractivity contribution in [3.8, 4) is 0 Å². The summed E-state index contributed by atoms with van der Waals surface area (Å²) in [6.07, 6.45) is 3.02. The van der Waals surface area contributed by atoms with E-state index in [1.165, 1.54) is 0 Å². The maximum absolute atomic E-state index is 11.3. The highest BCUT2D eigenvalue weighted by Gasteiger charge is 2.03. The van der Waals surface area contributed by atoms with Crippen molar-refractivity contribution in [2.75, 3.05) is 24.1 Å². The summed E-state index contributed by atoms with van der Waals surface area (Å²) in [6.45, 7) is 5.16. The van der Waals surface area contributed by atoms with Crippen molar-refractivity contribution in [1.29, 1.82) is 0 Å². The van der Waals surface area contributed by atoms with Crippen LogP contribution < -0.4 is 16.4 Å². The molecule has 1 amide bonds. The van der Waals surface area contributed by atoms with Gasteiger partial charge in [-0.2, -0.15) is 4.98 Å². The van der Waals surface area contributed by atoms with Crippen LogP contribution in [0.3, 0.4) is 0 Å². The number of carbonyl (C=O) groups is 1. The first kappa shape index (κ1) is 13.2. The standard InChI is InChI=1S/C11H19N5O/c1-3-5-13-9(17)4-6-14-10-8(2)7-15-11(12)16-10/h7H,3-6H2,1-2H3,(H,13,17)(H3,12,14,15,16). The minimum absolute atomic E-state index is 0.0408. The summed E-state index contributed by atoms with van der Waals surface area (Å²) in [4.78, 5) is 19.3. The van der Waals surface area contributed by atoms with Crippen LogP contribution in [-0.4, -0.2) is 29.0 Å². The number of nitrogens with one attached hydrogen (secondary N) is 2. The van der Waals surface area contributed by atoms with Gasteiger partial charge in [0.05, 0.1) is 0 Å². The van der Waals surface area contributed by atoms with Gasteiger partial charge in [0.15, 0.2) is 0 Å². The van der Waals surface area contributed by atoms with Crippen LogP contribution in [0.4, 0.5) is 11.8 Å². The number of nitrogen functional groups attached to an aromatic ring is 1. The predicted octanol–water partition coefficient (Wildman–Crippen LogP) is 0.695. The summed E-state index contributed by atoms with van der Waals surface area (Å²) in [5.74, 6) is 0.952. The van der Waals surface area contributed by atoms with Crippen LogP contribution in [0.5, 0.6) is 0 Å². The Balaban J connectivity index is 2.35. The Morgan fingerprint density at radius 3 is 2.94 bits per heavy atom. The monoisotopic (exact) mass is 237 g/mol. The molecule has 0 fully saturated rings. The van der Waals surface area contributed by atoms with Gasteiger partial charge < -0.3 is 16.4 Å². The summed E-state index contributed by atoms with van der Waals surface area (Å²) in [7, 11) is 0. The lowest BCUT2D eigenvalue weighted by atomic mass is 10.3. The topological polar surface area (TPSA) is 92.9 Å². The average molecular weight is 237 g/mol. The minimum atomic E-state index is 0.0408. The number of nitrogens with two attached hydrogens (primary N) is 1. The van der Waals surface area contributed by atoms with E-state index < -0.39 is 0 Å². The number of hydrogen-bond donors (Lipinski definition) is 3.